The molecule has 0 aliphatic carbocycles. The van der Waals surface area contributed by atoms with Gasteiger partial charge in [-0.05, 0) is 37.0 Å². The van der Waals surface area contributed by atoms with Crippen molar-refractivity contribution in [2.24, 2.45) is 5.92 Å². The van der Waals surface area contributed by atoms with Crippen LogP contribution < -0.4 is 5.32 Å². The van der Waals surface area contributed by atoms with Gasteiger partial charge in [0.05, 0.1) is 6.10 Å². The molecule has 3 heteroatoms. The quantitative estimate of drug-likeness (QED) is 0.801. The van der Waals surface area contributed by atoms with Crippen molar-refractivity contribution in [2.45, 2.75) is 39.8 Å². The first-order valence-electron chi connectivity index (χ1n) is 5.84. The van der Waals surface area contributed by atoms with Gasteiger partial charge in [0.2, 0.25) is 0 Å². The van der Waals surface area contributed by atoms with E-state index < -0.39 is 0 Å². The molecule has 90 valence electrons. The molecule has 0 radical (unpaired) electrons. The van der Waals surface area contributed by atoms with Crippen LogP contribution in [-0.4, -0.2) is 22.7 Å². The summed E-state index contributed by atoms with van der Waals surface area (Å²) in [6.07, 6.45) is 3.39. The minimum absolute atomic E-state index is 0.224. The second-order valence-electron chi connectivity index (χ2n) is 4.67. The molecule has 0 fully saturated rings. The van der Waals surface area contributed by atoms with E-state index in [0.717, 1.165) is 0 Å². The first kappa shape index (κ1) is 13.1. The van der Waals surface area contributed by atoms with E-state index in [2.05, 4.69) is 24.1 Å². The van der Waals surface area contributed by atoms with E-state index in [-0.39, 0.29) is 18.1 Å². The average molecular weight is 222 g/mol. The molecule has 16 heavy (non-hydrogen) atoms. The Hall–Kier alpha value is -0.930. The van der Waals surface area contributed by atoms with Gasteiger partial charge in [-0.2, -0.15) is 0 Å². The zero-order valence-electron chi connectivity index (χ0n) is 10.6. The summed E-state index contributed by atoms with van der Waals surface area (Å²) in [5.74, 6) is 0.287. The summed E-state index contributed by atoms with van der Waals surface area (Å²) in [6, 6.07) is 2.23. The predicted octanol–water partition coefficient (Wildman–Crippen LogP) is 2.06. The topological polar surface area (TPSA) is 45.2 Å². The highest BCUT2D eigenvalue weighted by Gasteiger charge is 2.12. The van der Waals surface area contributed by atoms with Crippen LogP contribution in [0.1, 0.15) is 37.9 Å². The summed E-state index contributed by atoms with van der Waals surface area (Å²) >= 11 is 0. The predicted molar refractivity (Wildman–Crippen MR) is 66.2 cm³/mol. The fourth-order valence-corrected chi connectivity index (χ4v) is 1.57. The number of nitrogens with one attached hydrogen (secondary N) is 1. The van der Waals surface area contributed by atoms with Gasteiger partial charge in [0.1, 0.15) is 0 Å². The number of hydrogen-bond acceptors (Lipinski definition) is 3. The van der Waals surface area contributed by atoms with E-state index in [4.69, 9.17) is 0 Å². The van der Waals surface area contributed by atoms with Crippen LogP contribution in [0.5, 0.6) is 0 Å². The number of aliphatic hydroxyl groups excluding tert-OH is 1. The summed E-state index contributed by atoms with van der Waals surface area (Å²) in [5, 5.41) is 13.0. The molecule has 2 unspecified atom stereocenters. The Morgan fingerprint density at radius 1 is 1.38 bits per heavy atom. The number of aliphatic hydroxyl groups is 1. The van der Waals surface area contributed by atoms with Crippen molar-refractivity contribution in [1.29, 1.82) is 0 Å². The minimum Gasteiger partial charge on any atom is -0.392 e. The van der Waals surface area contributed by atoms with E-state index in [1.165, 1.54) is 11.1 Å². The summed E-state index contributed by atoms with van der Waals surface area (Å²) in [6.45, 7) is 8.83. The van der Waals surface area contributed by atoms with Crippen molar-refractivity contribution in [3.8, 4) is 0 Å². The molecule has 0 aliphatic rings. The van der Waals surface area contributed by atoms with Gasteiger partial charge >= 0.3 is 0 Å². The number of pyridine rings is 1. The molecule has 0 bridgehead atoms. The number of aryl methyl sites for hydroxylation is 1. The van der Waals surface area contributed by atoms with Gasteiger partial charge in [0, 0.05) is 25.0 Å². The molecule has 2 N–H and O–H groups in total. The van der Waals surface area contributed by atoms with Crippen LogP contribution in [0, 0.1) is 12.8 Å². The lowest BCUT2D eigenvalue weighted by molar-refractivity contribution is 0.120. The Balaban J connectivity index is 2.53. The largest absolute Gasteiger partial charge is 0.392 e. The SMILES string of the molecule is Cc1ccncc1C(C)NCC(O)C(C)C. The lowest BCUT2D eigenvalue weighted by Crippen LogP contribution is -2.32. The summed E-state index contributed by atoms with van der Waals surface area (Å²) in [4.78, 5) is 4.13. The summed E-state index contributed by atoms with van der Waals surface area (Å²) in [5.41, 5.74) is 2.42. The van der Waals surface area contributed by atoms with Gasteiger partial charge in [-0.1, -0.05) is 13.8 Å². The zero-order valence-corrected chi connectivity index (χ0v) is 10.6. The molecule has 0 aromatic carbocycles. The molecule has 1 aromatic rings. The molecular weight excluding hydrogens is 200 g/mol. The Labute approximate surface area is 97.9 Å². The fourth-order valence-electron chi connectivity index (χ4n) is 1.57. The molecule has 0 aliphatic heterocycles. The van der Waals surface area contributed by atoms with Gasteiger partial charge in [-0.15, -0.1) is 0 Å². The third kappa shape index (κ3) is 3.58. The summed E-state index contributed by atoms with van der Waals surface area (Å²) < 4.78 is 0. The molecule has 0 saturated carbocycles. The van der Waals surface area contributed by atoms with E-state index in [9.17, 15) is 5.11 Å². The van der Waals surface area contributed by atoms with Crippen LogP contribution in [-0.2, 0) is 0 Å². The molecule has 1 aromatic heterocycles. The maximum atomic E-state index is 9.71. The van der Waals surface area contributed by atoms with Crippen LogP contribution in [0.15, 0.2) is 18.5 Å². The number of nitrogens with zero attached hydrogens (tertiary/aromatic N) is 1. The van der Waals surface area contributed by atoms with E-state index >= 15 is 0 Å². The van der Waals surface area contributed by atoms with Crippen molar-refractivity contribution in [3.05, 3.63) is 29.6 Å². The van der Waals surface area contributed by atoms with Gasteiger partial charge in [0.15, 0.2) is 0 Å². The zero-order chi connectivity index (χ0) is 12.1. The van der Waals surface area contributed by atoms with Gasteiger partial charge in [-0.3, -0.25) is 4.98 Å². The Kier molecular flexibility index (Phi) is 4.90. The molecule has 0 amide bonds. The number of rotatable bonds is 5. The van der Waals surface area contributed by atoms with Crippen molar-refractivity contribution in [1.82, 2.24) is 10.3 Å². The van der Waals surface area contributed by atoms with Crippen LogP contribution in [0.2, 0.25) is 0 Å². The van der Waals surface area contributed by atoms with E-state index in [0.29, 0.717) is 6.54 Å². The second-order valence-corrected chi connectivity index (χ2v) is 4.67. The van der Waals surface area contributed by atoms with Crippen molar-refractivity contribution < 1.29 is 5.11 Å². The highest BCUT2D eigenvalue weighted by atomic mass is 16.3. The van der Waals surface area contributed by atoms with Crippen molar-refractivity contribution in [3.63, 3.8) is 0 Å². The first-order chi connectivity index (χ1) is 7.52. The molecule has 1 heterocycles. The lowest BCUT2D eigenvalue weighted by atomic mass is 10.0. The molecule has 0 saturated heterocycles. The van der Waals surface area contributed by atoms with Gasteiger partial charge < -0.3 is 10.4 Å². The molecule has 0 spiro atoms. The maximum Gasteiger partial charge on any atom is 0.0687 e. The van der Waals surface area contributed by atoms with Crippen LogP contribution in [0.25, 0.3) is 0 Å². The third-order valence-corrected chi connectivity index (χ3v) is 2.95. The summed E-state index contributed by atoms with van der Waals surface area (Å²) in [7, 11) is 0. The highest BCUT2D eigenvalue weighted by molar-refractivity contribution is 5.24. The molecule has 3 nitrogen and oxygen atoms in total. The van der Waals surface area contributed by atoms with E-state index in [1.807, 2.05) is 26.1 Å². The third-order valence-electron chi connectivity index (χ3n) is 2.95. The standard InChI is InChI=1S/C13H22N2O/c1-9(2)13(16)8-15-11(4)12-7-14-6-5-10(12)3/h5-7,9,11,13,15-16H,8H2,1-4H3. The van der Waals surface area contributed by atoms with Crippen LogP contribution in [0.4, 0.5) is 0 Å². The number of aromatic nitrogens is 1. The monoisotopic (exact) mass is 222 g/mol. The van der Waals surface area contributed by atoms with Crippen LogP contribution >= 0.6 is 0 Å². The van der Waals surface area contributed by atoms with Gasteiger partial charge in [0.25, 0.3) is 0 Å². The fraction of sp³-hybridized carbons (Fsp3) is 0.615. The Morgan fingerprint density at radius 3 is 2.62 bits per heavy atom. The van der Waals surface area contributed by atoms with Gasteiger partial charge in [-0.25, -0.2) is 0 Å². The maximum absolute atomic E-state index is 9.71. The Morgan fingerprint density at radius 2 is 2.06 bits per heavy atom. The normalized spacial score (nSPS) is 15.1. The number of hydrogen-bond donors (Lipinski definition) is 2. The average Bonchev–Trinajstić information content (AvgIpc) is 2.25. The second kappa shape index (κ2) is 5.97. The molecular formula is C13H22N2O. The minimum atomic E-state index is -0.292. The molecule has 1 rings (SSSR count). The first-order valence-corrected chi connectivity index (χ1v) is 5.84. The Bertz CT molecular complexity index is 325. The van der Waals surface area contributed by atoms with Crippen LogP contribution in [0.3, 0.4) is 0 Å². The van der Waals surface area contributed by atoms with E-state index in [1.54, 1.807) is 6.20 Å². The van der Waals surface area contributed by atoms with Crippen molar-refractivity contribution >= 4 is 0 Å². The lowest BCUT2D eigenvalue weighted by Gasteiger charge is -2.20. The highest BCUT2D eigenvalue weighted by Crippen LogP contribution is 2.15. The molecule has 2 atom stereocenters. The smallest absolute Gasteiger partial charge is 0.0687 e. The van der Waals surface area contributed by atoms with Crippen molar-refractivity contribution in [2.75, 3.05) is 6.54 Å².